The topological polar surface area (TPSA) is 44.8 Å². The maximum atomic E-state index is 14.1. The summed E-state index contributed by atoms with van der Waals surface area (Å²) in [5.41, 5.74) is 0. The van der Waals surface area contributed by atoms with Crippen LogP contribution in [0.3, 0.4) is 0 Å². The van der Waals surface area contributed by atoms with Crippen molar-refractivity contribution >= 4 is 5.97 Å². The summed E-state index contributed by atoms with van der Waals surface area (Å²) in [6.45, 7) is 2.80. The molecule has 0 aromatic heterocycles. The van der Waals surface area contributed by atoms with Crippen LogP contribution in [0.25, 0.3) is 0 Å². The fourth-order valence-electron chi connectivity index (χ4n) is 4.24. The molecule has 1 aliphatic carbocycles. The second-order valence-electron chi connectivity index (χ2n) is 7.58. The van der Waals surface area contributed by atoms with Crippen molar-refractivity contribution in [2.24, 2.45) is 11.8 Å². The summed E-state index contributed by atoms with van der Waals surface area (Å²) >= 11 is 0. The van der Waals surface area contributed by atoms with Gasteiger partial charge >= 0.3 is 5.97 Å². The average Bonchev–Trinajstić information content (AvgIpc) is 3.16. The minimum atomic E-state index is -0.829. The molecule has 3 rings (SSSR count). The molecule has 0 aromatic carbocycles. The molecule has 142 valence electrons. The first kappa shape index (κ1) is 18.7. The van der Waals surface area contributed by atoms with E-state index in [1.165, 1.54) is 0 Å². The van der Waals surface area contributed by atoms with Gasteiger partial charge in [0.15, 0.2) is 6.29 Å². The van der Waals surface area contributed by atoms with Gasteiger partial charge in [-0.3, -0.25) is 4.79 Å². The fourth-order valence-corrected chi connectivity index (χ4v) is 4.24. The summed E-state index contributed by atoms with van der Waals surface area (Å²) in [6, 6.07) is 0. The number of carbonyl (C=O) groups excluding carboxylic acids is 1. The summed E-state index contributed by atoms with van der Waals surface area (Å²) in [6.07, 6.45) is 9.08. The van der Waals surface area contributed by atoms with E-state index >= 15 is 0 Å². The average molecular weight is 354 g/mol. The van der Waals surface area contributed by atoms with Gasteiger partial charge in [0.2, 0.25) is 0 Å². The molecular formula is C20H31FO4. The van der Waals surface area contributed by atoms with Crippen LogP contribution in [0.2, 0.25) is 0 Å². The van der Waals surface area contributed by atoms with Gasteiger partial charge in [-0.25, -0.2) is 4.39 Å². The molecule has 2 aliphatic heterocycles. The zero-order valence-corrected chi connectivity index (χ0v) is 15.3. The van der Waals surface area contributed by atoms with Crippen LogP contribution < -0.4 is 0 Å². The normalized spacial score (nSPS) is 33.8. The highest BCUT2D eigenvalue weighted by atomic mass is 19.1. The molecule has 2 saturated heterocycles. The number of hydrogen-bond acceptors (Lipinski definition) is 4. The first-order chi connectivity index (χ1) is 12.2. The van der Waals surface area contributed by atoms with Crippen molar-refractivity contribution in [2.75, 3.05) is 6.61 Å². The van der Waals surface area contributed by atoms with E-state index in [-0.39, 0.29) is 30.2 Å². The van der Waals surface area contributed by atoms with E-state index in [1.54, 1.807) is 0 Å². The maximum absolute atomic E-state index is 14.1. The Balaban J connectivity index is 1.66. The summed E-state index contributed by atoms with van der Waals surface area (Å²) in [5.74, 6) is 1.05. The van der Waals surface area contributed by atoms with Crippen LogP contribution in [0.15, 0.2) is 11.8 Å². The number of hydrogen-bond donors (Lipinski definition) is 0. The van der Waals surface area contributed by atoms with Gasteiger partial charge in [0.1, 0.15) is 12.3 Å². The van der Waals surface area contributed by atoms with Gasteiger partial charge in [-0.2, -0.15) is 0 Å². The Kier molecular flexibility index (Phi) is 6.74. The molecule has 0 radical (unpaired) electrons. The van der Waals surface area contributed by atoms with Crippen molar-refractivity contribution in [3.8, 4) is 0 Å². The molecule has 2 heterocycles. The quantitative estimate of drug-likeness (QED) is 0.469. The molecule has 5 atom stereocenters. The summed E-state index contributed by atoms with van der Waals surface area (Å²) < 4.78 is 31.4. The van der Waals surface area contributed by atoms with E-state index in [0.717, 1.165) is 57.3 Å². The van der Waals surface area contributed by atoms with Crippen molar-refractivity contribution in [1.82, 2.24) is 0 Å². The van der Waals surface area contributed by atoms with Crippen molar-refractivity contribution in [2.45, 2.75) is 89.7 Å². The van der Waals surface area contributed by atoms with Gasteiger partial charge in [0.25, 0.3) is 0 Å². The number of unbranched alkanes of at least 4 members (excludes halogenated alkanes) is 1. The highest BCUT2D eigenvalue weighted by molar-refractivity contribution is 5.72. The molecule has 25 heavy (non-hydrogen) atoms. The lowest BCUT2D eigenvalue weighted by Gasteiger charge is -2.28. The summed E-state index contributed by atoms with van der Waals surface area (Å²) in [7, 11) is 0. The number of allylic oxidation sites excluding steroid dienone is 2. The molecule has 0 amide bonds. The molecule has 1 saturated carbocycles. The summed E-state index contributed by atoms with van der Waals surface area (Å²) in [4.78, 5) is 11.6. The van der Waals surface area contributed by atoms with Gasteiger partial charge in [0.05, 0.1) is 18.8 Å². The molecule has 0 bridgehead atoms. The first-order valence-electron chi connectivity index (χ1n) is 9.99. The smallest absolute Gasteiger partial charge is 0.306 e. The number of ether oxygens (including phenoxy) is 3. The van der Waals surface area contributed by atoms with Crippen molar-refractivity contribution < 1.29 is 23.4 Å². The standard InChI is InChI=1S/C20H31FO4/c1-2-3-6-14(21)8-10-17(25-20-7-4-5-12-23-20)15-9-11-18-16(15)13-19(22)24-18/h10,14-16,18,20H,2-9,11-13H2,1H3/t14?,15-,16+,18+,20?/m0/s1. The SMILES string of the molecule is CCCCC(F)CC=C(OC1CCCCO1)[C@H]1CC[C@H]2OC(=O)C[C@H]12. The van der Waals surface area contributed by atoms with Crippen LogP contribution in [-0.4, -0.2) is 31.1 Å². The minimum Gasteiger partial charge on any atom is -0.469 e. The lowest BCUT2D eigenvalue weighted by atomic mass is 9.90. The van der Waals surface area contributed by atoms with E-state index in [2.05, 4.69) is 6.92 Å². The van der Waals surface area contributed by atoms with Gasteiger partial charge in [-0.1, -0.05) is 19.8 Å². The number of halogens is 1. The van der Waals surface area contributed by atoms with Crippen LogP contribution in [0, 0.1) is 11.8 Å². The highest BCUT2D eigenvalue weighted by Gasteiger charge is 2.47. The molecule has 2 unspecified atom stereocenters. The predicted molar refractivity (Wildman–Crippen MR) is 92.5 cm³/mol. The van der Waals surface area contributed by atoms with Gasteiger partial charge in [-0.15, -0.1) is 0 Å². The van der Waals surface area contributed by atoms with Gasteiger partial charge in [-0.05, 0) is 38.2 Å². The fraction of sp³-hybridized carbons (Fsp3) is 0.850. The second-order valence-corrected chi connectivity index (χ2v) is 7.58. The van der Waals surface area contributed by atoms with Crippen molar-refractivity contribution in [1.29, 1.82) is 0 Å². The lowest BCUT2D eigenvalue weighted by molar-refractivity contribution is -0.145. The van der Waals surface area contributed by atoms with Crippen LogP contribution in [0.1, 0.15) is 71.1 Å². The van der Waals surface area contributed by atoms with Crippen LogP contribution in [0.4, 0.5) is 4.39 Å². The predicted octanol–water partition coefficient (Wildman–Crippen LogP) is 4.67. The zero-order chi connectivity index (χ0) is 17.6. The number of carbonyl (C=O) groups is 1. The molecule has 0 N–H and O–H groups in total. The lowest BCUT2D eigenvalue weighted by Crippen LogP contribution is -2.26. The van der Waals surface area contributed by atoms with Crippen LogP contribution in [0.5, 0.6) is 0 Å². The monoisotopic (exact) mass is 354 g/mol. The van der Waals surface area contributed by atoms with E-state index in [4.69, 9.17) is 14.2 Å². The third-order valence-electron chi connectivity index (χ3n) is 5.66. The number of alkyl halides is 1. The third-order valence-corrected chi connectivity index (χ3v) is 5.66. The van der Waals surface area contributed by atoms with Gasteiger partial charge in [0, 0.05) is 24.7 Å². The third kappa shape index (κ3) is 4.96. The van der Waals surface area contributed by atoms with Crippen LogP contribution >= 0.6 is 0 Å². The van der Waals surface area contributed by atoms with E-state index in [0.29, 0.717) is 19.3 Å². The van der Waals surface area contributed by atoms with E-state index in [9.17, 15) is 9.18 Å². The number of rotatable bonds is 8. The Morgan fingerprint density at radius 2 is 2.24 bits per heavy atom. The minimum absolute atomic E-state index is 0.0121. The molecule has 0 aromatic rings. The van der Waals surface area contributed by atoms with Crippen molar-refractivity contribution in [3.63, 3.8) is 0 Å². The molecule has 5 heteroatoms. The Labute approximate surface area is 150 Å². The van der Waals surface area contributed by atoms with Crippen molar-refractivity contribution in [3.05, 3.63) is 11.8 Å². The second kappa shape index (κ2) is 9.02. The summed E-state index contributed by atoms with van der Waals surface area (Å²) in [5, 5.41) is 0. The number of fused-ring (bicyclic) bond motifs is 1. The van der Waals surface area contributed by atoms with E-state index in [1.807, 2.05) is 6.08 Å². The molecule has 0 spiro atoms. The number of esters is 1. The Hall–Kier alpha value is -1.10. The maximum Gasteiger partial charge on any atom is 0.306 e. The molecule has 3 aliphatic rings. The van der Waals surface area contributed by atoms with Gasteiger partial charge < -0.3 is 14.2 Å². The highest BCUT2D eigenvalue weighted by Crippen LogP contribution is 2.45. The Morgan fingerprint density at radius 1 is 1.36 bits per heavy atom. The largest absolute Gasteiger partial charge is 0.469 e. The zero-order valence-electron chi connectivity index (χ0n) is 15.3. The molecule has 3 fully saturated rings. The first-order valence-corrected chi connectivity index (χ1v) is 9.99. The van der Waals surface area contributed by atoms with Crippen LogP contribution in [-0.2, 0) is 19.0 Å². The molecule has 4 nitrogen and oxygen atoms in total. The Morgan fingerprint density at radius 3 is 3.00 bits per heavy atom. The van der Waals surface area contributed by atoms with E-state index < -0.39 is 6.17 Å². The molecular weight excluding hydrogens is 323 g/mol. The Bertz CT molecular complexity index is 472.